The average Bonchev–Trinajstić information content (AvgIpc) is 3.33. The number of fused-ring (bicyclic) bond motifs is 7. The molecule has 1 N–H and O–H groups in total. The van der Waals surface area contributed by atoms with Gasteiger partial charge >= 0.3 is 12.2 Å². The molecule has 3 aromatic rings. The maximum atomic E-state index is 13.2. The lowest BCUT2D eigenvalue weighted by molar-refractivity contribution is -0.136. The van der Waals surface area contributed by atoms with E-state index < -0.39 is 30.7 Å². The number of hydrogen-bond acceptors (Lipinski definition) is 5. The molecule has 8 nitrogen and oxygen atoms in total. The number of alkyl halides is 3. The zero-order chi connectivity index (χ0) is 26.6. The highest BCUT2D eigenvalue weighted by Gasteiger charge is 2.30. The molecule has 0 saturated heterocycles. The predicted octanol–water partition coefficient (Wildman–Crippen LogP) is 6.20. The highest BCUT2D eigenvalue weighted by Crippen LogP contribution is 2.32. The molecule has 1 aliphatic rings. The number of carbonyl (C=O) groups excluding carboxylic acids is 1. The van der Waals surface area contributed by atoms with Crippen molar-refractivity contribution in [3.05, 3.63) is 41.6 Å². The molecule has 0 radical (unpaired) electrons. The van der Waals surface area contributed by atoms with Gasteiger partial charge in [0, 0.05) is 49.4 Å². The Morgan fingerprint density at radius 3 is 2.81 bits per heavy atom. The van der Waals surface area contributed by atoms with E-state index in [0.717, 1.165) is 6.42 Å². The zero-order valence-electron chi connectivity index (χ0n) is 20.8. The molecule has 1 unspecified atom stereocenters. The third kappa shape index (κ3) is 6.63. The van der Waals surface area contributed by atoms with Crippen LogP contribution in [0.3, 0.4) is 0 Å². The van der Waals surface area contributed by atoms with E-state index in [4.69, 9.17) is 16.3 Å². The Morgan fingerprint density at radius 1 is 1.24 bits per heavy atom. The number of carbonyl (C=O) groups is 1. The lowest BCUT2D eigenvalue weighted by Crippen LogP contribution is -2.46. The summed E-state index contributed by atoms with van der Waals surface area (Å²) in [5.41, 5.74) is 2.32. The number of imidazole rings is 1. The molecule has 0 saturated carbocycles. The van der Waals surface area contributed by atoms with Gasteiger partial charge in [0.1, 0.15) is 0 Å². The first-order valence-electron chi connectivity index (χ1n) is 12.4. The van der Waals surface area contributed by atoms with Crippen LogP contribution in [-0.4, -0.2) is 55.7 Å². The summed E-state index contributed by atoms with van der Waals surface area (Å²) in [5, 5.41) is 3.22. The first-order chi connectivity index (χ1) is 17.7. The summed E-state index contributed by atoms with van der Waals surface area (Å²) >= 11 is 6.51. The molecule has 4 heterocycles. The molecule has 37 heavy (non-hydrogen) atoms. The minimum absolute atomic E-state index is 0.172. The van der Waals surface area contributed by atoms with E-state index in [-0.39, 0.29) is 6.42 Å². The fraction of sp³-hybridized carbons (Fsp3) is 0.520. The normalized spacial score (nSPS) is 19.8. The SMILES string of the molecule is CCN1C(=O)NC(CCC(F)(F)F)CCCCCOc2nc(cn3ccnc23)-c2cc(ncc2Cl)[C@H]1C. The Labute approximate surface area is 218 Å². The monoisotopic (exact) mass is 538 g/mol. The molecule has 0 spiro atoms. The van der Waals surface area contributed by atoms with Crippen LogP contribution in [0, 0.1) is 0 Å². The van der Waals surface area contributed by atoms with Crippen LogP contribution in [-0.2, 0) is 0 Å². The van der Waals surface area contributed by atoms with Crippen molar-refractivity contribution in [1.82, 2.24) is 29.6 Å². The Balaban J connectivity index is 1.70. The van der Waals surface area contributed by atoms with Crippen LogP contribution in [0.25, 0.3) is 16.9 Å². The van der Waals surface area contributed by atoms with E-state index in [1.165, 1.54) is 6.20 Å². The van der Waals surface area contributed by atoms with Crippen molar-refractivity contribution in [2.24, 2.45) is 0 Å². The molecule has 4 rings (SSSR count). The molecular formula is C25H30ClF3N6O2. The highest BCUT2D eigenvalue weighted by atomic mass is 35.5. The van der Waals surface area contributed by atoms with Gasteiger partial charge in [-0.25, -0.2) is 14.8 Å². The number of rotatable bonds is 3. The summed E-state index contributed by atoms with van der Waals surface area (Å²) < 4.78 is 46.6. The maximum Gasteiger partial charge on any atom is 0.389 e. The summed E-state index contributed by atoms with van der Waals surface area (Å²) in [5.74, 6) is 0.365. The Kier molecular flexibility index (Phi) is 8.41. The van der Waals surface area contributed by atoms with Gasteiger partial charge in [-0.1, -0.05) is 18.0 Å². The molecule has 4 bridgehead atoms. The molecule has 200 valence electrons. The number of urea groups is 1. The smallest absolute Gasteiger partial charge is 0.389 e. The van der Waals surface area contributed by atoms with Gasteiger partial charge in [0.2, 0.25) is 5.65 Å². The molecule has 2 amide bonds. The second-order valence-electron chi connectivity index (χ2n) is 9.14. The van der Waals surface area contributed by atoms with Gasteiger partial charge < -0.3 is 19.4 Å². The van der Waals surface area contributed by atoms with Crippen molar-refractivity contribution in [3.8, 4) is 17.1 Å². The van der Waals surface area contributed by atoms with Crippen LogP contribution < -0.4 is 10.1 Å². The van der Waals surface area contributed by atoms with Crippen LogP contribution >= 0.6 is 11.6 Å². The Morgan fingerprint density at radius 2 is 2.05 bits per heavy atom. The van der Waals surface area contributed by atoms with Gasteiger partial charge in [-0.15, -0.1) is 0 Å². The molecular weight excluding hydrogens is 509 g/mol. The lowest BCUT2D eigenvalue weighted by Gasteiger charge is -2.30. The first kappa shape index (κ1) is 27.0. The number of halogens is 4. The number of aromatic nitrogens is 4. The lowest BCUT2D eigenvalue weighted by atomic mass is 10.0. The number of nitrogens with one attached hydrogen (secondary N) is 1. The summed E-state index contributed by atoms with van der Waals surface area (Å²) in [6.45, 7) is 4.35. The standard InChI is InChI=1S/C25H30ClF3N6O2/c1-3-35-16(2)20-13-18(19(26)14-31-20)21-15-34-11-10-30-22(34)23(33-21)37-12-6-4-5-7-17(32-24(35)36)8-9-25(27,28)29/h10-11,13-17H,3-9,12H2,1-2H3,(H,32,36)/t16-,17?/m1/s1. The minimum Gasteiger partial charge on any atom is -0.475 e. The average molecular weight is 539 g/mol. The van der Waals surface area contributed by atoms with Crippen LogP contribution in [0.2, 0.25) is 5.02 Å². The van der Waals surface area contributed by atoms with Gasteiger partial charge in [0.05, 0.1) is 29.1 Å². The van der Waals surface area contributed by atoms with Gasteiger partial charge in [-0.05, 0) is 45.6 Å². The summed E-state index contributed by atoms with van der Waals surface area (Å²) in [6, 6.07) is 0.291. The molecule has 0 aliphatic carbocycles. The van der Waals surface area contributed by atoms with E-state index in [2.05, 4.69) is 20.3 Å². The van der Waals surface area contributed by atoms with Crippen LogP contribution in [0.4, 0.5) is 18.0 Å². The van der Waals surface area contributed by atoms with Gasteiger partial charge in [-0.3, -0.25) is 4.98 Å². The maximum absolute atomic E-state index is 13.2. The predicted molar refractivity (Wildman–Crippen MR) is 134 cm³/mol. The molecule has 0 aromatic carbocycles. The Hall–Kier alpha value is -3.08. The van der Waals surface area contributed by atoms with Gasteiger partial charge in [-0.2, -0.15) is 13.2 Å². The quantitative estimate of drug-likeness (QED) is 0.429. The third-order valence-corrected chi connectivity index (χ3v) is 6.83. The number of ether oxygens (including phenoxy) is 1. The van der Waals surface area contributed by atoms with Gasteiger partial charge in [0.15, 0.2) is 0 Å². The number of pyridine rings is 1. The van der Waals surface area contributed by atoms with Crippen LogP contribution in [0.1, 0.15) is 64.1 Å². The zero-order valence-corrected chi connectivity index (χ0v) is 21.5. The summed E-state index contributed by atoms with van der Waals surface area (Å²) in [6.07, 6.45) is 3.84. The molecule has 1 aliphatic heterocycles. The topological polar surface area (TPSA) is 84.7 Å². The van der Waals surface area contributed by atoms with Crippen molar-refractivity contribution < 1.29 is 22.7 Å². The molecule has 3 aromatic heterocycles. The van der Waals surface area contributed by atoms with E-state index in [1.54, 1.807) is 29.6 Å². The third-order valence-electron chi connectivity index (χ3n) is 6.53. The minimum atomic E-state index is -4.29. The molecule has 12 heteroatoms. The van der Waals surface area contributed by atoms with Crippen molar-refractivity contribution >= 4 is 23.3 Å². The van der Waals surface area contributed by atoms with Crippen LogP contribution in [0.5, 0.6) is 5.88 Å². The fourth-order valence-corrected chi connectivity index (χ4v) is 4.68. The Bertz CT molecular complexity index is 1230. The second kappa shape index (κ2) is 11.5. The van der Waals surface area contributed by atoms with Crippen molar-refractivity contribution in [2.75, 3.05) is 13.2 Å². The van der Waals surface area contributed by atoms with Crippen molar-refractivity contribution in [1.29, 1.82) is 0 Å². The first-order valence-corrected chi connectivity index (χ1v) is 12.8. The van der Waals surface area contributed by atoms with E-state index in [0.29, 0.717) is 65.9 Å². The highest BCUT2D eigenvalue weighted by molar-refractivity contribution is 6.33. The summed E-state index contributed by atoms with van der Waals surface area (Å²) in [4.78, 5) is 28.2. The van der Waals surface area contributed by atoms with Crippen molar-refractivity contribution in [3.63, 3.8) is 0 Å². The molecule has 2 atom stereocenters. The van der Waals surface area contributed by atoms with Crippen LogP contribution in [0.15, 0.2) is 30.9 Å². The van der Waals surface area contributed by atoms with Gasteiger partial charge in [0.25, 0.3) is 5.88 Å². The number of amides is 2. The largest absolute Gasteiger partial charge is 0.475 e. The second-order valence-corrected chi connectivity index (χ2v) is 9.55. The summed E-state index contributed by atoms with van der Waals surface area (Å²) in [7, 11) is 0. The fourth-order valence-electron chi connectivity index (χ4n) is 4.48. The van der Waals surface area contributed by atoms with E-state index in [1.807, 2.05) is 18.2 Å². The number of nitrogens with zero attached hydrogens (tertiary/aromatic N) is 5. The molecule has 0 fully saturated rings. The van der Waals surface area contributed by atoms with E-state index >= 15 is 0 Å². The van der Waals surface area contributed by atoms with E-state index in [9.17, 15) is 18.0 Å². The number of hydrogen-bond donors (Lipinski definition) is 1. The van der Waals surface area contributed by atoms with Crippen molar-refractivity contribution in [2.45, 2.75) is 70.6 Å².